The van der Waals surface area contributed by atoms with Gasteiger partial charge in [-0.25, -0.2) is 15.9 Å². The van der Waals surface area contributed by atoms with Gasteiger partial charge in [-0.05, 0) is 12.5 Å². The number of hydrogen-bond acceptors (Lipinski definition) is 5. The molecule has 4 unspecified atom stereocenters. The lowest BCUT2D eigenvalue weighted by Gasteiger charge is -2.22. The van der Waals surface area contributed by atoms with Crippen LogP contribution in [0.3, 0.4) is 0 Å². The molecule has 5 N–H and O–H groups in total. The number of nitrogens with two attached hydrogens (primary N) is 1. The van der Waals surface area contributed by atoms with Gasteiger partial charge >= 0.3 is 0 Å². The van der Waals surface area contributed by atoms with Crippen LogP contribution >= 0.6 is 0 Å². The molecule has 17 heavy (non-hydrogen) atoms. The Kier molecular flexibility index (Phi) is 2.85. The van der Waals surface area contributed by atoms with E-state index in [4.69, 9.17) is 5.73 Å². The van der Waals surface area contributed by atoms with E-state index < -0.39 is 0 Å². The van der Waals surface area contributed by atoms with E-state index in [-0.39, 0.29) is 12.3 Å². The second kappa shape index (κ2) is 4.36. The van der Waals surface area contributed by atoms with Gasteiger partial charge in [0.1, 0.15) is 0 Å². The van der Waals surface area contributed by atoms with Crippen molar-refractivity contribution >= 4 is 0 Å². The minimum absolute atomic E-state index is 0.0169. The molecule has 1 aromatic rings. The Labute approximate surface area is 101 Å². The Bertz CT molecular complexity index is 382. The minimum atomic E-state index is 0.0169. The summed E-state index contributed by atoms with van der Waals surface area (Å²) in [5, 5.41) is 2.23. The highest BCUT2D eigenvalue weighted by Gasteiger charge is 2.46. The molecule has 2 fully saturated rings. The van der Waals surface area contributed by atoms with E-state index >= 15 is 0 Å². The van der Waals surface area contributed by atoms with E-state index in [0.29, 0.717) is 12.0 Å². The second-order valence-electron chi connectivity index (χ2n) is 4.87. The Morgan fingerprint density at radius 1 is 1.24 bits per heavy atom. The van der Waals surface area contributed by atoms with Crippen molar-refractivity contribution in [2.75, 3.05) is 0 Å². The van der Waals surface area contributed by atoms with Gasteiger partial charge in [0.05, 0.1) is 12.3 Å². The lowest BCUT2D eigenvalue weighted by molar-refractivity contribution is 0.144. The van der Waals surface area contributed by atoms with E-state index in [9.17, 15) is 0 Å². The van der Waals surface area contributed by atoms with Crippen molar-refractivity contribution in [2.45, 2.75) is 31.8 Å². The molecule has 1 aromatic carbocycles. The van der Waals surface area contributed by atoms with Crippen molar-refractivity contribution in [3.63, 3.8) is 0 Å². The summed E-state index contributed by atoms with van der Waals surface area (Å²) in [6, 6.07) is 10.8. The van der Waals surface area contributed by atoms with Crippen molar-refractivity contribution in [1.82, 2.24) is 21.3 Å². The van der Waals surface area contributed by atoms with Gasteiger partial charge in [0.15, 0.2) is 0 Å². The number of nitrogens with one attached hydrogen (secondary N) is 3. The van der Waals surface area contributed by atoms with Crippen molar-refractivity contribution in [1.29, 1.82) is 0 Å². The standard InChI is InChI=1S/C12H19N5/c1-8-10-11(13)14-15-12(10)17(16-8)7-9-5-3-2-4-6-9/h2-6,8,10-12,14-16H,7,13H2,1H3. The van der Waals surface area contributed by atoms with Crippen molar-refractivity contribution < 1.29 is 0 Å². The first-order chi connectivity index (χ1) is 8.25. The zero-order valence-corrected chi connectivity index (χ0v) is 9.93. The maximum absolute atomic E-state index is 6.03. The molecule has 3 rings (SSSR count). The molecule has 5 nitrogen and oxygen atoms in total. The van der Waals surface area contributed by atoms with Crippen LogP contribution in [0, 0.1) is 5.92 Å². The predicted molar refractivity (Wildman–Crippen MR) is 66.1 cm³/mol. The van der Waals surface area contributed by atoms with Gasteiger partial charge < -0.3 is 5.73 Å². The first kappa shape index (κ1) is 11.1. The molecule has 2 aliphatic rings. The van der Waals surface area contributed by atoms with Crippen molar-refractivity contribution in [2.24, 2.45) is 11.7 Å². The number of benzene rings is 1. The van der Waals surface area contributed by atoms with Crippen LogP contribution in [0.15, 0.2) is 30.3 Å². The van der Waals surface area contributed by atoms with Crippen LogP contribution in [0.4, 0.5) is 0 Å². The molecular formula is C12H19N5. The predicted octanol–water partition coefficient (Wildman–Crippen LogP) is -0.270. The smallest absolute Gasteiger partial charge is 0.0936 e. The summed E-state index contributed by atoms with van der Waals surface area (Å²) in [5.74, 6) is 0.402. The number of hydrazine groups is 2. The Morgan fingerprint density at radius 3 is 2.76 bits per heavy atom. The van der Waals surface area contributed by atoms with Gasteiger partial charge in [-0.15, -0.1) is 0 Å². The molecule has 0 saturated carbocycles. The van der Waals surface area contributed by atoms with Crippen molar-refractivity contribution in [3.05, 3.63) is 35.9 Å². The Balaban J connectivity index is 1.73. The van der Waals surface area contributed by atoms with E-state index in [2.05, 4.69) is 52.5 Å². The topological polar surface area (TPSA) is 65.3 Å². The lowest BCUT2D eigenvalue weighted by atomic mass is 9.99. The van der Waals surface area contributed by atoms with Gasteiger partial charge in [0, 0.05) is 18.5 Å². The maximum atomic E-state index is 6.03. The largest absolute Gasteiger partial charge is 0.315 e. The summed E-state index contributed by atoms with van der Waals surface area (Å²) in [5.41, 5.74) is 17.2. The molecule has 0 spiro atoms. The summed E-state index contributed by atoms with van der Waals surface area (Å²) in [6.07, 6.45) is 0.281. The quantitative estimate of drug-likeness (QED) is 0.566. The highest BCUT2D eigenvalue weighted by atomic mass is 15.7. The van der Waals surface area contributed by atoms with Crippen LogP contribution in [-0.2, 0) is 6.54 Å². The third-order valence-corrected chi connectivity index (χ3v) is 3.66. The van der Waals surface area contributed by atoms with Crippen LogP contribution in [0.25, 0.3) is 0 Å². The van der Waals surface area contributed by atoms with E-state index in [1.54, 1.807) is 0 Å². The average molecular weight is 233 g/mol. The summed E-state index contributed by atoms with van der Waals surface area (Å²) in [6.45, 7) is 3.06. The molecule has 0 radical (unpaired) electrons. The Morgan fingerprint density at radius 2 is 2.00 bits per heavy atom. The number of fused-ring (bicyclic) bond motifs is 1. The Hall–Kier alpha value is -0.980. The van der Waals surface area contributed by atoms with E-state index in [1.807, 2.05) is 6.07 Å². The van der Waals surface area contributed by atoms with Crippen LogP contribution in [0.5, 0.6) is 0 Å². The zero-order chi connectivity index (χ0) is 11.8. The third-order valence-electron chi connectivity index (χ3n) is 3.66. The van der Waals surface area contributed by atoms with Crippen LogP contribution < -0.4 is 22.0 Å². The van der Waals surface area contributed by atoms with Crippen LogP contribution in [-0.4, -0.2) is 23.4 Å². The monoisotopic (exact) mass is 233 g/mol. The third kappa shape index (κ3) is 1.96. The number of nitrogens with zero attached hydrogens (tertiary/aromatic N) is 1. The molecule has 0 aromatic heterocycles. The number of rotatable bonds is 2. The molecule has 0 aliphatic carbocycles. The zero-order valence-electron chi connectivity index (χ0n) is 9.93. The second-order valence-corrected chi connectivity index (χ2v) is 4.87. The summed E-state index contributed by atoms with van der Waals surface area (Å²) >= 11 is 0. The highest BCUT2D eigenvalue weighted by Crippen LogP contribution is 2.26. The van der Waals surface area contributed by atoms with Gasteiger partial charge in [-0.2, -0.15) is 0 Å². The lowest BCUT2D eigenvalue weighted by Crippen LogP contribution is -2.49. The summed E-state index contributed by atoms with van der Waals surface area (Å²) < 4.78 is 0. The molecule has 4 atom stereocenters. The van der Waals surface area contributed by atoms with Gasteiger partial charge in [0.25, 0.3) is 0 Å². The van der Waals surface area contributed by atoms with Gasteiger partial charge in [-0.3, -0.25) is 5.43 Å². The molecule has 0 bridgehead atoms. The maximum Gasteiger partial charge on any atom is 0.0936 e. The van der Waals surface area contributed by atoms with E-state index in [1.165, 1.54) is 5.56 Å². The average Bonchev–Trinajstić information content (AvgIpc) is 2.84. The summed E-state index contributed by atoms with van der Waals surface area (Å²) in [4.78, 5) is 0. The number of hydrogen-bond donors (Lipinski definition) is 4. The van der Waals surface area contributed by atoms with E-state index in [0.717, 1.165) is 6.54 Å². The normalized spacial score (nSPS) is 37.3. The fourth-order valence-electron chi connectivity index (χ4n) is 2.79. The highest BCUT2D eigenvalue weighted by molar-refractivity contribution is 5.15. The SMILES string of the molecule is CC1NN(Cc2ccccc2)C2NNC(N)C12. The van der Waals surface area contributed by atoms with Crippen molar-refractivity contribution in [3.8, 4) is 0 Å². The molecule has 0 amide bonds. The molecule has 2 aliphatic heterocycles. The van der Waals surface area contributed by atoms with Crippen LogP contribution in [0.2, 0.25) is 0 Å². The fraction of sp³-hybridized carbons (Fsp3) is 0.500. The first-order valence-corrected chi connectivity index (χ1v) is 6.09. The van der Waals surface area contributed by atoms with Gasteiger partial charge in [0.2, 0.25) is 0 Å². The molecule has 92 valence electrons. The minimum Gasteiger partial charge on any atom is -0.315 e. The molecule has 2 heterocycles. The molecular weight excluding hydrogens is 214 g/mol. The van der Waals surface area contributed by atoms with Crippen LogP contribution in [0.1, 0.15) is 12.5 Å². The van der Waals surface area contributed by atoms with Gasteiger partial charge in [-0.1, -0.05) is 30.3 Å². The fourth-order valence-corrected chi connectivity index (χ4v) is 2.79. The first-order valence-electron chi connectivity index (χ1n) is 6.09. The molecule has 5 heteroatoms. The molecule has 2 saturated heterocycles. The summed E-state index contributed by atoms with van der Waals surface area (Å²) in [7, 11) is 0.